The molecule has 1 heterocycles. The number of rotatable bonds is 7. The minimum absolute atomic E-state index is 0.00234. The standard InChI is InChI=1S/C20H24ClN3O3S/c1-28(26,27)23-16-8-6-7-15(13-16)20(25)22-14-19(24-11-4-5-12-24)17-9-2-3-10-18(17)21/h2-3,6-10,13,19,23H,4-5,11-12,14H2,1H3,(H,22,25). The summed E-state index contributed by atoms with van der Waals surface area (Å²) in [5.74, 6) is -0.256. The smallest absolute Gasteiger partial charge is 0.251 e. The number of nitrogens with one attached hydrogen (secondary N) is 2. The molecule has 1 unspecified atom stereocenters. The van der Waals surface area contributed by atoms with E-state index in [-0.39, 0.29) is 11.9 Å². The maximum Gasteiger partial charge on any atom is 0.251 e. The van der Waals surface area contributed by atoms with Crippen molar-refractivity contribution in [3.05, 3.63) is 64.7 Å². The lowest BCUT2D eigenvalue weighted by Gasteiger charge is -2.29. The predicted molar refractivity (Wildman–Crippen MR) is 112 cm³/mol. The highest BCUT2D eigenvalue weighted by Crippen LogP contribution is 2.29. The lowest BCUT2D eigenvalue weighted by atomic mass is 10.0. The Morgan fingerprint density at radius 3 is 2.54 bits per heavy atom. The van der Waals surface area contributed by atoms with Gasteiger partial charge in [0.05, 0.1) is 12.3 Å². The van der Waals surface area contributed by atoms with E-state index in [0.717, 1.165) is 37.8 Å². The van der Waals surface area contributed by atoms with Crippen LogP contribution in [0.1, 0.15) is 34.8 Å². The summed E-state index contributed by atoms with van der Waals surface area (Å²) in [5.41, 5.74) is 1.75. The van der Waals surface area contributed by atoms with E-state index in [4.69, 9.17) is 11.6 Å². The molecule has 1 aliphatic heterocycles. The van der Waals surface area contributed by atoms with Crippen LogP contribution < -0.4 is 10.0 Å². The first-order valence-electron chi connectivity index (χ1n) is 9.18. The van der Waals surface area contributed by atoms with E-state index < -0.39 is 10.0 Å². The molecule has 0 spiro atoms. The maximum absolute atomic E-state index is 12.7. The predicted octanol–water partition coefficient (Wildman–Crippen LogP) is 3.28. The van der Waals surface area contributed by atoms with Gasteiger partial charge in [-0.05, 0) is 55.8 Å². The summed E-state index contributed by atoms with van der Waals surface area (Å²) in [6.07, 6.45) is 3.34. The number of hydrogen-bond acceptors (Lipinski definition) is 4. The third kappa shape index (κ3) is 5.47. The average molecular weight is 422 g/mol. The Morgan fingerprint density at radius 2 is 1.86 bits per heavy atom. The molecular weight excluding hydrogens is 398 g/mol. The number of amides is 1. The molecule has 8 heteroatoms. The van der Waals surface area contributed by atoms with Crippen LogP contribution in [0.25, 0.3) is 0 Å². The highest BCUT2D eigenvalue weighted by atomic mass is 35.5. The number of sulfonamides is 1. The van der Waals surface area contributed by atoms with Crippen LogP contribution in [0.15, 0.2) is 48.5 Å². The van der Waals surface area contributed by atoms with Crippen LogP contribution in [0.4, 0.5) is 5.69 Å². The minimum atomic E-state index is -3.40. The molecule has 0 radical (unpaired) electrons. The molecule has 2 aromatic rings. The van der Waals surface area contributed by atoms with Crippen molar-refractivity contribution in [1.82, 2.24) is 10.2 Å². The number of nitrogens with zero attached hydrogens (tertiary/aromatic N) is 1. The molecule has 1 aliphatic rings. The van der Waals surface area contributed by atoms with Crippen molar-refractivity contribution in [3.8, 4) is 0 Å². The van der Waals surface area contributed by atoms with E-state index in [1.165, 1.54) is 6.07 Å². The van der Waals surface area contributed by atoms with Gasteiger partial charge in [-0.15, -0.1) is 0 Å². The van der Waals surface area contributed by atoms with E-state index in [9.17, 15) is 13.2 Å². The number of halogens is 1. The van der Waals surface area contributed by atoms with Gasteiger partial charge in [0.25, 0.3) is 5.91 Å². The normalized spacial score (nSPS) is 15.9. The van der Waals surface area contributed by atoms with Gasteiger partial charge in [0.15, 0.2) is 0 Å². The van der Waals surface area contributed by atoms with Crippen LogP contribution >= 0.6 is 11.6 Å². The molecule has 1 amide bonds. The van der Waals surface area contributed by atoms with Crippen LogP contribution in [-0.2, 0) is 10.0 Å². The summed E-state index contributed by atoms with van der Waals surface area (Å²) in [7, 11) is -3.40. The van der Waals surface area contributed by atoms with Crippen molar-refractivity contribution in [2.24, 2.45) is 0 Å². The van der Waals surface area contributed by atoms with Gasteiger partial charge in [0, 0.05) is 22.8 Å². The zero-order valence-corrected chi connectivity index (χ0v) is 17.3. The molecule has 1 saturated heterocycles. The Bertz CT molecular complexity index is 943. The first-order valence-corrected chi connectivity index (χ1v) is 11.4. The van der Waals surface area contributed by atoms with Crippen molar-refractivity contribution in [1.29, 1.82) is 0 Å². The number of hydrogen-bond donors (Lipinski definition) is 2. The van der Waals surface area contributed by atoms with Crippen LogP contribution in [-0.4, -0.2) is 45.1 Å². The van der Waals surface area contributed by atoms with Crippen molar-refractivity contribution in [2.45, 2.75) is 18.9 Å². The summed E-state index contributed by atoms with van der Waals surface area (Å²) >= 11 is 6.41. The fraction of sp³-hybridized carbons (Fsp3) is 0.350. The molecule has 0 aliphatic carbocycles. The molecule has 28 heavy (non-hydrogen) atoms. The van der Waals surface area contributed by atoms with Gasteiger partial charge in [0.2, 0.25) is 10.0 Å². The Balaban J connectivity index is 1.73. The van der Waals surface area contributed by atoms with Crippen LogP contribution in [0.5, 0.6) is 0 Å². The summed E-state index contributed by atoms with van der Waals surface area (Å²) in [6.45, 7) is 2.37. The van der Waals surface area contributed by atoms with E-state index >= 15 is 0 Å². The molecule has 2 N–H and O–H groups in total. The van der Waals surface area contributed by atoms with Crippen LogP contribution in [0.2, 0.25) is 5.02 Å². The Hall–Kier alpha value is -2.09. The summed E-state index contributed by atoms with van der Waals surface area (Å²) < 4.78 is 25.2. The molecule has 2 aromatic carbocycles. The first kappa shape index (κ1) is 20.6. The average Bonchev–Trinajstić information content (AvgIpc) is 3.16. The van der Waals surface area contributed by atoms with Crippen LogP contribution in [0.3, 0.4) is 0 Å². The number of carbonyl (C=O) groups excluding carboxylic acids is 1. The molecule has 0 aromatic heterocycles. The molecule has 1 fully saturated rings. The highest BCUT2D eigenvalue weighted by Gasteiger charge is 2.25. The molecule has 0 saturated carbocycles. The van der Waals surface area contributed by atoms with Gasteiger partial charge in [-0.2, -0.15) is 0 Å². The number of anilines is 1. The summed E-state index contributed by atoms with van der Waals surface area (Å²) in [4.78, 5) is 15.0. The third-order valence-electron chi connectivity index (χ3n) is 4.73. The first-order chi connectivity index (χ1) is 13.3. The van der Waals surface area contributed by atoms with Gasteiger partial charge in [0.1, 0.15) is 0 Å². The second kappa shape index (κ2) is 8.94. The highest BCUT2D eigenvalue weighted by molar-refractivity contribution is 7.92. The van der Waals surface area contributed by atoms with E-state index in [0.29, 0.717) is 22.8 Å². The Labute approximate surface area is 170 Å². The van der Waals surface area contributed by atoms with Gasteiger partial charge in [-0.25, -0.2) is 8.42 Å². The zero-order valence-electron chi connectivity index (χ0n) is 15.7. The molecule has 0 bridgehead atoms. The number of carbonyl (C=O) groups is 1. The van der Waals surface area contributed by atoms with Crippen molar-refractivity contribution in [3.63, 3.8) is 0 Å². The monoisotopic (exact) mass is 421 g/mol. The number of benzene rings is 2. The van der Waals surface area contributed by atoms with Crippen molar-refractivity contribution >= 4 is 33.2 Å². The number of likely N-dealkylation sites (tertiary alicyclic amines) is 1. The van der Waals surface area contributed by atoms with E-state index in [2.05, 4.69) is 14.9 Å². The Morgan fingerprint density at radius 1 is 1.14 bits per heavy atom. The molecule has 3 rings (SSSR count). The second-order valence-electron chi connectivity index (χ2n) is 6.95. The summed E-state index contributed by atoms with van der Waals surface area (Å²) in [5, 5.41) is 3.66. The molecule has 1 atom stereocenters. The van der Waals surface area contributed by atoms with Gasteiger partial charge >= 0.3 is 0 Å². The lowest BCUT2D eigenvalue weighted by molar-refractivity contribution is 0.0938. The van der Waals surface area contributed by atoms with Crippen molar-refractivity contribution in [2.75, 3.05) is 30.6 Å². The van der Waals surface area contributed by atoms with Gasteiger partial charge < -0.3 is 5.32 Å². The fourth-order valence-corrected chi connectivity index (χ4v) is 4.28. The third-order valence-corrected chi connectivity index (χ3v) is 5.68. The maximum atomic E-state index is 12.7. The second-order valence-corrected chi connectivity index (χ2v) is 9.10. The Kier molecular flexibility index (Phi) is 6.59. The quantitative estimate of drug-likeness (QED) is 0.719. The topological polar surface area (TPSA) is 78.5 Å². The molecular formula is C20H24ClN3O3S. The minimum Gasteiger partial charge on any atom is -0.350 e. The largest absolute Gasteiger partial charge is 0.350 e. The molecule has 150 valence electrons. The summed E-state index contributed by atoms with van der Waals surface area (Å²) in [6, 6.07) is 14.1. The lowest BCUT2D eigenvalue weighted by Crippen LogP contribution is -2.37. The zero-order chi connectivity index (χ0) is 20.1. The van der Waals surface area contributed by atoms with E-state index in [1.54, 1.807) is 18.2 Å². The van der Waals surface area contributed by atoms with Gasteiger partial charge in [-0.1, -0.05) is 35.9 Å². The van der Waals surface area contributed by atoms with E-state index in [1.807, 2.05) is 24.3 Å². The van der Waals surface area contributed by atoms with Crippen molar-refractivity contribution < 1.29 is 13.2 Å². The molecule has 6 nitrogen and oxygen atoms in total. The fourth-order valence-electron chi connectivity index (χ4n) is 3.46. The SMILES string of the molecule is CS(=O)(=O)Nc1cccc(C(=O)NCC(c2ccccc2Cl)N2CCCC2)c1. The van der Waals surface area contributed by atoms with Gasteiger partial charge in [-0.3, -0.25) is 14.4 Å². The van der Waals surface area contributed by atoms with Crippen LogP contribution in [0, 0.1) is 0 Å².